The summed E-state index contributed by atoms with van der Waals surface area (Å²) in [6.45, 7) is 1.94. The van der Waals surface area contributed by atoms with Gasteiger partial charge in [-0.15, -0.1) is 0 Å². The molecule has 0 unspecified atom stereocenters. The van der Waals surface area contributed by atoms with E-state index in [0.29, 0.717) is 27.7 Å². The predicted octanol–water partition coefficient (Wildman–Crippen LogP) is 4.67. The fourth-order valence-electron chi connectivity index (χ4n) is 2.51. The average Bonchev–Trinajstić information content (AvgIpc) is 2.63. The van der Waals surface area contributed by atoms with Gasteiger partial charge in [-0.3, -0.25) is 0 Å². The van der Waals surface area contributed by atoms with Gasteiger partial charge in [0.25, 0.3) is 0 Å². The molecule has 7 heteroatoms. The van der Waals surface area contributed by atoms with Gasteiger partial charge < -0.3 is 15.3 Å². The number of amides is 2. The first-order valence-electron chi connectivity index (χ1n) is 8.11. The minimum Gasteiger partial charge on any atom is -0.394 e. The monoisotopic (exact) mass is 391 g/mol. The summed E-state index contributed by atoms with van der Waals surface area (Å²) < 4.78 is 0. The number of anilines is 1. The zero-order valence-electron chi connectivity index (χ0n) is 14.2. The fraction of sp³-hybridized carbons (Fsp3) is 0.263. The molecule has 0 spiro atoms. The molecular weight excluding hydrogens is 373 g/mol. The SMILES string of the molecule is CC[C@H](CO)N(Cc1ccc(Cl)cc1Cl)C(=O)Nc1cccc(C#N)c1. The Morgan fingerprint density at radius 2 is 2.08 bits per heavy atom. The van der Waals surface area contributed by atoms with Crippen molar-refractivity contribution in [1.82, 2.24) is 4.90 Å². The van der Waals surface area contributed by atoms with Gasteiger partial charge in [0.2, 0.25) is 0 Å². The van der Waals surface area contributed by atoms with E-state index in [0.717, 1.165) is 5.56 Å². The number of carbonyl (C=O) groups is 1. The van der Waals surface area contributed by atoms with Crippen LogP contribution in [0.15, 0.2) is 42.5 Å². The van der Waals surface area contributed by atoms with Gasteiger partial charge in [0.1, 0.15) is 0 Å². The number of benzene rings is 2. The van der Waals surface area contributed by atoms with Crippen LogP contribution in [0.25, 0.3) is 0 Å². The quantitative estimate of drug-likeness (QED) is 0.750. The Bertz CT molecular complexity index is 817. The van der Waals surface area contributed by atoms with Crippen LogP contribution in [-0.2, 0) is 6.54 Å². The van der Waals surface area contributed by atoms with Crippen LogP contribution in [0.1, 0.15) is 24.5 Å². The molecule has 0 aromatic heterocycles. The van der Waals surface area contributed by atoms with Gasteiger partial charge in [-0.1, -0.05) is 42.3 Å². The highest BCUT2D eigenvalue weighted by Gasteiger charge is 2.23. The minimum atomic E-state index is -0.382. The van der Waals surface area contributed by atoms with Crippen LogP contribution in [-0.4, -0.2) is 28.7 Å². The third-order valence-corrected chi connectivity index (χ3v) is 4.57. The van der Waals surface area contributed by atoms with E-state index in [9.17, 15) is 9.90 Å². The van der Waals surface area contributed by atoms with Gasteiger partial charge >= 0.3 is 6.03 Å². The van der Waals surface area contributed by atoms with E-state index in [1.54, 1.807) is 42.5 Å². The predicted molar refractivity (Wildman–Crippen MR) is 103 cm³/mol. The summed E-state index contributed by atoms with van der Waals surface area (Å²) in [7, 11) is 0. The first kappa shape index (κ1) is 20.1. The summed E-state index contributed by atoms with van der Waals surface area (Å²) in [6, 6.07) is 13.0. The molecule has 0 aliphatic carbocycles. The van der Waals surface area contributed by atoms with Crippen molar-refractivity contribution in [2.75, 3.05) is 11.9 Å². The lowest BCUT2D eigenvalue weighted by molar-refractivity contribution is 0.134. The number of halogens is 2. The lowest BCUT2D eigenvalue weighted by Crippen LogP contribution is -2.44. The molecule has 2 aromatic carbocycles. The number of urea groups is 1. The highest BCUT2D eigenvalue weighted by molar-refractivity contribution is 6.35. The molecule has 1 atom stereocenters. The van der Waals surface area contributed by atoms with Gasteiger partial charge in [0.05, 0.1) is 24.3 Å². The third-order valence-electron chi connectivity index (χ3n) is 3.98. The fourth-order valence-corrected chi connectivity index (χ4v) is 2.98. The van der Waals surface area contributed by atoms with E-state index >= 15 is 0 Å². The number of aliphatic hydroxyl groups is 1. The van der Waals surface area contributed by atoms with E-state index in [4.69, 9.17) is 28.5 Å². The van der Waals surface area contributed by atoms with Crippen LogP contribution < -0.4 is 5.32 Å². The van der Waals surface area contributed by atoms with Crippen molar-refractivity contribution in [2.24, 2.45) is 0 Å². The molecule has 2 aromatic rings. The molecule has 2 amide bonds. The Labute approximate surface area is 162 Å². The molecule has 0 saturated heterocycles. The van der Waals surface area contributed by atoms with Crippen molar-refractivity contribution in [2.45, 2.75) is 25.9 Å². The van der Waals surface area contributed by atoms with Crippen molar-refractivity contribution < 1.29 is 9.90 Å². The van der Waals surface area contributed by atoms with E-state index < -0.39 is 0 Å². The Morgan fingerprint density at radius 1 is 1.31 bits per heavy atom. The molecule has 2 rings (SSSR count). The van der Waals surface area contributed by atoms with Crippen LogP contribution >= 0.6 is 23.2 Å². The van der Waals surface area contributed by atoms with Crippen molar-refractivity contribution in [3.8, 4) is 6.07 Å². The standard InChI is InChI=1S/C19H19Cl2N3O2/c1-2-17(12-25)24(11-14-6-7-15(20)9-18(14)21)19(26)23-16-5-3-4-13(8-16)10-22/h3-9,17,25H,2,11-12H2,1H3,(H,23,26)/t17-/m1/s1. The minimum absolute atomic E-state index is 0.173. The summed E-state index contributed by atoms with van der Waals surface area (Å²) in [5, 5.41) is 22.4. The van der Waals surface area contributed by atoms with E-state index in [1.807, 2.05) is 13.0 Å². The first-order chi connectivity index (χ1) is 12.5. The number of hydrogen-bond donors (Lipinski definition) is 2. The summed E-state index contributed by atoms with van der Waals surface area (Å²) in [4.78, 5) is 14.3. The number of nitrogens with zero attached hydrogens (tertiary/aromatic N) is 2. The van der Waals surface area contributed by atoms with E-state index in [-0.39, 0.29) is 25.2 Å². The van der Waals surface area contributed by atoms with Crippen molar-refractivity contribution in [3.63, 3.8) is 0 Å². The molecule has 0 saturated carbocycles. The van der Waals surface area contributed by atoms with Gasteiger partial charge in [-0.25, -0.2) is 4.79 Å². The number of carbonyl (C=O) groups excluding carboxylic acids is 1. The summed E-state index contributed by atoms with van der Waals surface area (Å²) in [5.74, 6) is 0. The third kappa shape index (κ3) is 5.12. The Morgan fingerprint density at radius 3 is 2.69 bits per heavy atom. The highest BCUT2D eigenvalue weighted by atomic mass is 35.5. The molecular formula is C19H19Cl2N3O2. The van der Waals surface area contributed by atoms with Gasteiger partial charge in [0, 0.05) is 22.3 Å². The summed E-state index contributed by atoms with van der Waals surface area (Å²) in [5.41, 5.74) is 1.68. The van der Waals surface area contributed by atoms with Crippen LogP contribution in [0.5, 0.6) is 0 Å². The molecule has 2 N–H and O–H groups in total. The lowest BCUT2D eigenvalue weighted by Gasteiger charge is -2.30. The first-order valence-corrected chi connectivity index (χ1v) is 8.86. The maximum atomic E-state index is 12.8. The summed E-state index contributed by atoms with van der Waals surface area (Å²) >= 11 is 12.2. The number of hydrogen-bond acceptors (Lipinski definition) is 3. The van der Waals surface area contributed by atoms with E-state index in [2.05, 4.69) is 5.32 Å². The normalized spacial score (nSPS) is 11.5. The zero-order valence-corrected chi connectivity index (χ0v) is 15.8. The topological polar surface area (TPSA) is 76.4 Å². The lowest BCUT2D eigenvalue weighted by atomic mass is 10.1. The Balaban J connectivity index is 2.25. The van der Waals surface area contributed by atoms with Crippen molar-refractivity contribution in [1.29, 1.82) is 5.26 Å². The molecule has 0 radical (unpaired) electrons. The van der Waals surface area contributed by atoms with Gasteiger partial charge in [0.15, 0.2) is 0 Å². The summed E-state index contributed by atoms with van der Waals surface area (Å²) in [6.07, 6.45) is 0.577. The Hall–Kier alpha value is -2.26. The smallest absolute Gasteiger partial charge is 0.322 e. The second-order valence-electron chi connectivity index (χ2n) is 5.73. The molecule has 136 valence electrons. The number of aliphatic hydroxyl groups excluding tert-OH is 1. The van der Waals surface area contributed by atoms with Gasteiger partial charge in [-0.05, 0) is 42.3 Å². The van der Waals surface area contributed by atoms with Crippen LogP contribution in [0.3, 0.4) is 0 Å². The van der Waals surface area contributed by atoms with Crippen LogP contribution in [0, 0.1) is 11.3 Å². The molecule has 0 heterocycles. The largest absolute Gasteiger partial charge is 0.394 e. The average molecular weight is 392 g/mol. The van der Waals surface area contributed by atoms with Crippen molar-refractivity contribution >= 4 is 34.9 Å². The molecule has 0 aliphatic heterocycles. The van der Waals surface area contributed by atoms with E-state index in [1.165, 1.54) is 4.90 Å². The van der Waals surface area contributed by atoms with Crippen molar-refractivity contribution in [3.05, 3.63) is 63.6 Å². The second-order valence-corrected chi connectivity index (χ2v) is 6.57. The maximum Gasteiger partial charge on any atom is 0.322 e. The second kappa shape index (κ2) is 9.44. The van der Waals surface area contributed by atoms with Crippen LogP contribution in [0.4, 0.5) is 10.5 Å². The Kier molecular flexibility index (Phi) is 7.28. The zero-order chi connectivity index (χ0) is 19.1. The molecule has 0 aliphatic rings. The molecule has 5 nitrogen and oxygen atoms in total. The number of rotatable bonds is 6. The maximum absolute atomic E-state index is 12.8. The molecule has 0 bridgehead atoms. The molecule has 0 fully saturated rings. The highest BCUT2D eigenvalue weighted by Crippen LogP contribution is 2.24. The molecule has 26 heavy (non-hydrogen) atoms. The number of nitriles is 1. The number of nitrogens with one attached hydrogen (secondary N) is 1. The van der Waals surface area contributed by atoms with Crippen LogP contribution in [0.2, 0.25) is 10.0 Å². The van der Waals surface area contributed by atoms with Gasteiger partial charge in [-0.2, -0.15) is 5.26 Å².